The molecule has 0 aliphatic carbocycles. The number of methoxy groups -OCH3 is 1. The van der Waals surface area contributed by atoms with Crippen molar-refractivity contribution in [1.82, 2.24) is 5.32 Å². The Bertz CT molecular complexity index is 420. The van der Waals surface area contributed by atoms with Gasteiger partial charge >= 0.3 is 0 Å². The lowest BCUT2D eigenvalue weighted by Crippen LogP contribution is -2.27. The molecule has 0 spiro atoms. The van der Waals surface area contributed by atoms with E-state index in [4.69, 9.17) is 4.74 Å². The summed E-state index contributed by atoms with van der Waals surface area (Å²) in [6.45, 7) is 14.6. The highest BCUT2D eigenvalue weighted by Crippen LogP contribution is 2.34. The Labute approximate surface area is 124 Å². The largest absolute Gasteiger partial charge is 0.496 e. The van der Waals surface area contributed by atoms with Crippen LogP contribution in [-0.2, 0) is 0 Å². The van der Waals surface area contributed by atoms with Crippen molar-refractivity contribution in [3.63, 3.8) is 0 Å². The maximum atomic E-state index is 5.35. The van der Waals surface area contributed by atoms with Crippen LogP contribution in [0.2, 0.25) is 0 Å². The third-order valence-electron chi connectivity index (χ3n) is 4.34. The average molecular weight is 277 g/mol. The van der Waals surface area contributed by atoms with E-state index in [-0.39, 0.29) is 0 Å². The molecule has 2 nitrogen and oxygen atoms in total. The molecule has 0 radical (unpaired) electrons. The van der Waals surface area contributed by atoms with Crippen LogP contribution in [0.3, 0.4) is 0 Å². The molecule has 1 rings (SSSR count). The quantitative estimate of drug-likeness (QED) is 0.812. The number of hydrogen-bond donors (Lipinski definition) is 1. The number of hydrogen-bond acceptors (Lipinski definition) is 2. The molecule has 2 heteroatoms. The standard InChI is InChI=1S/C18H31NO/c1-8-19-16(12-14(3)18(4,5)6)15-9-10-17(20-7)13(2)11-15/h9-11,14,16,19H,8,12H2,1-7H3. The maximum absolute atomic E-state index is 5.35. The van der Waals surface area contributed by atoms with Gasteiger partial charge in [0.05, 0.1) is 7.11 Å². The van der Waals surface area contributed by atoms with E-state index in [1.54, 1.807) is 7.11 Å². The summed E-state index contributed by atoms with van der Waals surface area (Å²) in [6, 6.07) is 6.94. The molecule has 2 atom stereocenters. The lowest BCUT2D eigenvalue weighted by atomic mass is 9.77. The molecule has 1 aromatic rings. The summed E-state index contributed by atoms with van der Waals surface area (Å²) in [6.07, 6.45) is 1.16. The molecular formula is C18H31NO. The summed E-state index contributed by atoms with van der Waals surface area (Å²) >= 11 is 0. The van der Waals surface area contributed by atoms with E-state index < -0.39 is 0 Å². The number of nitrogens with one attached hydrogen (secondary N) is 1. The van der Waals surface area contributed by atoms with Crippen LogP contribution in [0.25, 0.3) is 0 Å². The first-order chi connectivity index (χ1) is 9.29. The van der Waals surface area contributed by atoms with Gasteiger partial charge in [-0.05, 0) is 48.4 Å². The van der Waals surface area contributed by atoms with Crippen LogP contribution in [0, 0.1) is 18.3 Å². The second-order valence-electron chi connectivity index (χ2n) is 6.84. The smallest absolute Gasteiger partial charge is 0.121 e. The van der Waals surface area contributed by atoms with Gasteiger partial charge < -0.3 is 10.1 Å². The predicted octanol–water partition coefficient (Wildman–Crippen LogP) is 4.73. The normalized spacial score (nSPS) is 14.9. The van der Waals surface area contributed by atoms with Gasteiger partial charge in [0.2, 0.25) is 0 Å². The van der Waals surface area contributed by atoms with Crippen molar-refractivity contribution >= 4 is 0 Å². The van der Waals surface area contributed by atoms with Crippen molar-refractivity contribution in [2.24, 2.45) is 11.3 Å². The fourth-order valence-electron chi connectivity index (χ4n) is 2.41. The highest BCUT2D eigenvalue weighted by Gasteiger charge is 2.24. The van der Waals surface area contributed by atoms with Gasteiger partial charge in [-0.15, -0.1) is 0 Å². The minimum absolute atomic E-state index is 0.342. The Morgan fingerprint density at radius 1 is 1.25 bits per heavy atom. The van der Waals surface area contributed by atoms with Crippen LogP contribution in [0.5, 0.6) is 5.75 Å². The number of ether oxygens (including phenoxy) is 1. The van der Waals surface area contributed by atoms with Crippen molar-refractivity contribution in [2.45, 2.75) is 54.0 Å². The molecule has 20 heavy (non-hydrogen) atoms. The first kappa shape index (κ1) is 17.0. The molecule has 0 saturated heterocycles. The molecule has 0 fully saturated rings. The topological polar surface area (TPSA) is 21.3 Å². The van der Waals surface area contributed by atoms with E-state index in [0.29, 0.717) is 17.4 Å². The molecule has 0 aromatic heterocycles. The second-order valence-corrected chi connectivity index (χ2v) is 6.84. The van der Waals surface area contributed by atoms with Crippen LogP contribution in [0.15, 0.2) is 18.2 Å². The van der Waals surface area contributed by atoms with Gasteiger partial charge in [-0.2, -0.15) is 0 Å². The van der Waals surface area contributed by atoms with Gasteiger partial charge in [0.15, 0.2) is 0 Å². The molecule has 0 amide bonds. The average Bonchev–Trinajstić information content (AvgIpc) is 2.36. The highest BCUT2D eigenvalue weighted by atomic mass is 16.5. The monoisotopic (exact) mass is 277 g/mol. The van der Waals surface area contributed by atoms with Crippen LogP contribution in [-0.4, -0.2) is 13.7 Å². The van der Waals surface area contributed by atoms with Crippen LogP contribution >= 0.6 is 0 Å². The van der Waals surface area contributed by atoms with Crippen molar-refractivity contribution in [1.29, 1.82) is 0 Å². The molecule has 2 unspecified atom stereocenters. The highest BCUT2D eigenvalue weighted by molar-refractivity contribution is 5.37. The molecule has 0 bridgehead atoms. The lowest BCUT2D eigenvalue weighted by molar-refractivity contribution is 0.224. The van der Waals surface area contributed by atoms with Crippen molar-refractivity contribution in [2.75, 3.05) is 13.7 Å². The van der Waals surface area contributed by atoms with Crippen LogP contribution in [0.1, 0.15) is 58.2 Å². The Hall–Kier alpha value is -1.02. The van der Waals surface area contributed by atoms with Crippen LogP contribution < -0.4 is 10.1 Å². The van der Waals surface area contributed by atoms with Gasteiger partial charge in [-0.1, -0.05) is 46.8 Å². The summed E-state index contributed by atoms with van der Waals surface area (Å²) < 4.78 is 5.35. The summed E-state index contributed by atoms with van der Waals surface area (Å²) in [5, 5.41) is 3.63. The van der Waals surface area contributed by atoms with E-state index in [1.165, 1.54) is 11.1 Å². The van der Waals surface area contributed by atoms with Gasteiger partial charge in [0.1, 0.15) is 5.75 Å². The number of aryl methyl sites for hydroxylation is 1. The zero-order chi connectivity index (χ0) is 15.3. The molecule has 1 N–H and O–H groups in total. The number of benzene rings is 1. The van der Waals surface area contributed by atoms with Crippen LogP contribution in [0.4, 0.5) is 0 Å². The Kier molecular flexibility index (Phi) is 6.07. The van der Waals surface area contributed by atoms with Gasteiger partial charge in [0, 0.05) is 6.04 Å². The summed E-state index contributed by atoms with van der Waals surface area (Å²) in [7, 11) is 1.73. The molecule has 1 aromatic carbocycles. The van der Waals surface area contributed by atoms with Gasteiger partial charge in [-0.25, -0.2) is 0 Å². The lowest BCUT2D eigenvalue weighted by Gasteiger charge is -2.31. The van der Waals surface area contributed by atoms with Crippen molar-refractivity contribution < 1.29 is 4.74 Å². The molecule has 0 heterocycles. The third kappa shape index (κ3) is 4.52. The van der Waals surface area contributed by atoms with Crippen molar-refractivity contribution in [3.05, 3.63) is 29.3 Å². The zero-order valence-corrected chi connectivity index (χ0v) is 14.2. The van der Waals surface area contributed by atoms with E-state index in [1.807, 2.05) is 0 Å². The minimum Gasteiger partial charge on any atom is -0.496 e. The minimum atomic E-state index is 0.342. The Morgan fingerprint density at radius 2 is 1.90 bits per heavy atom. The van der Waals surface area contributed by atoms with E-state index >= 15 is 0 Å². The summed E-state index contributed by atoms with van der Waals surface area (Å²) in [4.78, 5) is 0. The fraction of sp³-hybridized carbons (Fsp3) is 0.667. The zero-order valence-electron chi connectivity index (χ0n) is 14.2. The first-order valence-corrected chi connectivity index (χ1v) is 7.67. The van der Waals surface area contributed by atoms with Gasteiger partial charge in [-0.3, -0.25) is 0 Å². The SMILES string of the molecule is CCNC(CC(C)C(C)(C)C)c1ccc(OC)c(C)c1. The third-order valence-corrected chi connectivity index (χ3v) is 4.34. The second kappa shape index (κ2) is 7.12. The van der Waals surface area contributed by atoms with Gasteiger partial charge in [0.25, 0.3) is 0 Å². The van der Waals surface area contributed by atoms with E-state index in [9.17, 15) is 0 Å². The molecule has 0 aliphatic rings. The molecule has 0 aliphatic heterocycles. The van der Waals surface area contributed by atoms with Crippen molar-refractivity contribution in [3.8, 4) is 5.75 Å². The first-order valence-electron chi connectivity index (χ1n) is 7.67. The molecule has 114 valence electrons. The summed E-state index contributed by atoms with van der Waals surface area (Å²) in [5.74, 6) is 1.63. The Balaban J connectivity index is 2.93. The summed E-state index contributed by atoms with van der Waals surface area (Å²) in [5.41, 5.74) is 2.91. The molecule has 0 saturated carbocycles. The maximum Gasteiger partial charge on any atom is 0.121 e. The number of rotatable bonds is 6. The predicted molar refractivity (Wildman–Crippen MR) is 87.4 cm³/mol. The van der Waals surface area contributed by atoms with E-state index in [2.05, 4.69) is 65.1 Å². The Morgan fingerprint density at radius 3 is 2.35 bits per heavy atom. The molecular weight excluding hydrogens is 246 g/mol. The van der Waals surface area contributed by atoms with E-state index in [0.717, 1.165) is 18.7 Å². The fourth-order valence-corrected chi connectivity index (χ4v) is 2.41.